The smallest absolute Gasteiger partial charge is 0.303 e. The molecule has 1 aromatic carbocycles. The van der Waals surface area contributed by atoms with Crippen LogP contribution in [0.25, 0.3) is 10.9 Å². The fraction of sp³-hybridized carbons (Fsp3) is 0.407. The molecule has 0 saturated carbocycles. The van der Waals surface area contributed by atoms with E-state index in [0.717, 1.165) is 36.8 Å². The van der Waals surface area contributed by atoms with Crippen molar-refractivity contribution in [2.75, 3.05) is 32.5 Å². The average Bonchev–Trinajstić information content (AvgIpc) is 2.88. The number of Topliss-reactive ketones (excluding diaryl/α,β-unsaturated/α-hetero) is 1. The number of hydrogen-bond donors (Lipinski definition) is 1. The molecule has 36 heavy (non-hydrogen) atoms. The summed E-state index contributed by atoms with van der Waals surface area (Å²) in [6.07, 6.45) is 5.23. The lowest BCUT2D eigenvalue weighted by atomic mass is 9.79. The Labute approximate surface area is 220 Å². The predicted octanol–water partition coefficient (Wildman–Crippen LogP) is 5.46. The van der Waals surface area contributed by atoms with Crippen LogP contribution in [0.2, 0.25) is 5.02 Å². The van der Waals surface area contributed by atoms with Gasteiger partial charge in [0, 0.05) is 55.0 Å². The van der Waals surface area contributed by atoms with Gasteiger partial charge in [0.25, 0.3) is 0 Å². The molecule has 3 aromatic rings. The van der Waals surface area contributed by atoms with Crippen LogP contribution in [-0.4, -0.2) is 64.2 Å². The number of likely N-dealkylation sites (tertiary alicyclic amines) is 1. The fourth-order valence-electron chi connectivity index (χ4n) is 4.91. The number of halogens is 1. The van der Waals surface area contributed by atoms with Crippen LogP contribution in [0.1, 0.15) is 36.0 Å². The van der Waals surface area contributed by atoms with Crippen LogP contribution in [0.3, 0.4) is 0 Å². The number of nitrogens with zero attached hydrogens (tertiary/aromatic N) is 3. The van der Waals surface area contributed by atoms with Crippen molar-refractivity contribution in [3.05, 3.63) is 59.4 Å². The van der Waals surface area contributed by atoms with Gasteiger partial charge in [-0.2, -0.15) is 0 Å². The number of fused-ring (bicyclic) bond motifs is 1. The van der Waals surface area contributed by atoms with Crippen molar-refractivity contribution in [2.24, 2.45) is 11.8 Å². The van der Waals surface area contributed by atoms with E-state index in [9.17, 15) is 14.7 Å². The molecule has 0 amide bonds. The maximum atomic E-state index is 13.3. The third-order valence-corrected chi connectivity index (χ3v) is 7.97. The highest BCUT2D eigenvalue weighted by atomic mass is 35.5. The number of benzene rings is 1. The molecule has 3 heterocycles. The molecular formula is C27H30ClN3O4S. The Kier molecular flexibility index (Phi) is 9.18. The summed E-state index contributed by atoms with van der Waals surface area (Å²) in [6, 6.07) is 11.3. The van der Waals surface area contributed by atoms with Crippen LogP contribution in [0.4, 0.5) is 0 Å². The van der Waals surface area contributed by atoms with Crippen LogP contribution in [-0.2, 0) is 4.79 Å². The largest absolute Gasteiger partial charge is 0.497 e. The number of hydrogen-bond acceptors (Lipinski definition) is 7. The molecule has 4 rings (SSSR count). The SMILES string of the molecule is COc1ccc2ncc(Cl)c(C(=O)CCC3CCN(CCSc4ccccn4)CC3CC(=O)O)c2c1. The molecule has 2 atom stereocenters. The first-order chi connectivity index (χ1) is 17.4. The summed E-state index contributed by atoms with van der Waals surface area (Å²) in [5.41, 5.74) is 1.14. The van der Waals surface area contributed by atoms with E-state index in [-0.39, 0.29) is 24.0 Å². The lowest BCUT2D eigenvalue weighted by Crippen LogP contribution is -2.42. The van der Waals surface area contributed by atoms with Gasteiger partial charge in [-0.1, -0.05) is 17.7 Å². The van der Waals surface area contributed by atoms with Gasteiger partial charge in [-0.3, -0.25) is 14.6 Å². The van der Waals surface area contributed by atoms with E-state index in [1.165, 1.54) is 6.20 Å². The second-order valence-electron chi connectivity index (χ2n) is 9.05. The molecule has 0 aliphatic carbocycles. The van der Waals surface area contributed by atoms with Crippen LogP contribution < -0.4 is 4.74 Å². The average molecular weight is 528 g/mol. The molecule has 7 nitrogen and oxygen atoms in total. The Morgan fingerprint density at radius 2 is 2.08 bits per heavy atom. The van der Waals surface area contributed by atoms with Crippen molar-refractivity contribution >= 4 is 46.0 Å². The molecule has 9 heteroatoms. The fourth-order valence-corrected chi connectivity index (χ4v) is 6.03. The van der Waals surface area contributed by atoms with Crippen molar-refractivity contribution < 1.29 is 19.4 Å². The molecule has 1 aliphatic rings. The van der Waals surface area contributed by atoms with Gasteiger partial charge in [-0.25, -0.2) is 4.98 Å². The van der Waals surface area contributed by atoms with E-state index in [4.69, 9.17) is 16.3 Å². The molecule has 1 saturated heterocycles. The van der Waals surface area contributed by atoms with Crippen LogP contribution in [0.15, 0.2) is 53.8 Å². The van der Waals surface area contributed by atoms with Crippen molar-refractivity contribution in [2.45, 2.75) is 30.7 Å². The van der Waals surface area contributed by atoms with Crippen LogP contribution in [0.5, 0.6) is 5.75 Å². The summed E-state index contributed by atoms with van der Waals surface area (Å²) in [5, 5.41) is 11.5. The highest BCUT2D eigenvalue weighted by Crippen LogP contribution is 2.33. The standard InChI is InChI=1S/C27H30ClN3O4S/c1-35-20-6-7-23-21(15-20)27(22(28)16-30-23)24(32)8-5-18-9-11-31(17-19(18)14-26(33)34)12-13-36-25-4-2-3-10-29-25/h2-4,6-7,10,15-16,18-19H,5,8-9,11-14,17H2,1H3,(H,33,34). The molecule has 0 bridgehead atoms. The number of carboxylic acid groups (broad SMARTS) is 1. The van der Waals surface area contributed by atoms with E-state index in [1.807, 2.05) is 24.3 Å². The summed E-state index contributed by atoms with van der Waals surface area (Å²) in [5.74, 6) is 0.868. The van der Waals surface area contributed by atoms with Crippen LogP contribution >= 0.6 is 23.4 Å². The molecule has 0 radical (unpaired) electrons. The van der Waals surface area contributed by atoms with Crippen LogP contribution in [0, 0.1) is 11.8 Å². The Balaban J connectivity index is 1.38. The Hall–Kier alpha value is -2.68. The van der Waals surface area contributed by atoms with E-state index in [0.29, 0.717) is 40.1 Å². The van der Waals surface area contributed by atoms with E-state index < -0.39 is 5.97 Å². The normalized spacial score (nSPS) is 18.3. The van der Waals surface area contributed by atoms with Crippen molar-refractivity contribution in [1.29, 1.82) is 0 Å². The van der Waals surface area contributed by atoms with Gasteiger partial charge >= 0.3 is 5.97 Å². The number of carbonyl (C=O) groups excluding carboxylic acids is 1. The zero-order valence-corrected chi connectivity index (χ0v) is 21.8. The first kappa shape index (κ1) is 26.4. The van der Waals surface area contributed by atoms with Gasteiger partial charge in [-0.15, -0.1) is 11.8 Å². The molecule has 1 aliphatic heterocycles. The number of methoxy groups -OCH3 is 1. The van der Waals surface area contributed by atoms with Gasteiger partial charge in [0.05, 0.1) is 22.7 Å². The Bertz CT molecular complexity index is 1210. The summed E-state index contributed by atoms with van der Waals surface area (Å²) < 4.78 is 5.32. The maximum Gasteiger partial charge on any atom is 0.303 e. The monoisotopic (exact) mass is 527 g/mol. The second kappa shape index (κ2) is 12.5. The molecular weight excluding hydrogens is 498 g/mol. The molecule has 1 fully saturated rings. The zero-order valence-electron chi connectivity index (χ0n) is 20.2. The Morgan fingerprint density at radius 3 is 2.83 bits per heavy atom. The van der Waals surface area contributed by atoms with Gasteiger partial charge in [0.15, 0.2) is 5.78 Å². The lowest BCUT2D eigenvalue weighted by Gasteiger charge is -2.38. The van der Waals surface area contributed by atoms with Gasteiger partial charge in [-0.05, 0) is 61.6 Å². The molecule has 1 N–H and O–H groups in total. The number of carboxylic acids is 1. The van der Waals surface area contributed by atoms with Gasteiger partial charge in [0.1, 0.15) is 5.75 Å². The quantitative estimate of drug-likeness (QED) is 0.259. The molecule has 190 valence electrons. The number of pyridine rings is 2. The third-order valence-electron chi connectivity index (χ3n) is 6.76. The number of thioether (sulfide) groups is 1. The number of carbonyl (C=O) groups is 2. The van der Waals surface area contributed by atoms with E-state index in [1.54, 1.807) is 37.2 Å². The minimum atomic E-state index is -0.795. The Morgan fingerprint density at radius 1 is 1.22 bits per heavy atom. The van der Waals surface area contributed by atoms with Gasteiger partial charge < -0.3 is 14.7 Å². The lowest BCUT2D eigenvalue weighted by molar-refractivity contribution is -0.139. The number of aromatic nitrogens is 2. The van der Waals surface area contributed by atoms with E-state index in [2.05, 4.69) is 14.9 Å². The second-order valence-corrected chi connectivity index (χ2v) is 10.6. The zero-order chi connectivity index (χ0) is 25.5. The number of aliphatic carboxylic acids is 1. The number of rotatable bonds is 11. The topological polar surface area (TPSA) is 92.6 Å². The van der Waals surface area contributed by atoms with Crippen molar-refractivity contribution in [1.82, 2.24) is 14.9 Å². The number of ether oxygens (including phenoxy) is 1. The summed E-state index contributed by atoms with van der Waals surface area (Å²) in [6.45, 7) is 2.50. The minimum absolute atomic E-state index is 0.00801. The maximum absolute atomic E-state index is 13.3. The molecule has 0 spiro atoms. The van der Waals surface area contributed by atoms with Crippen molar-refractivity contribution in [3.63, 3.8) is 0 Å². The molecule has 2 aromatic heterocycles. The highest BCUT2D eigenvalue weighted by Gasteiger charge is 2.31. The summed E-state index contributed by atoms with van der Waals surface area (Å²) in [7, 11) is 1.58. The highest BCUT2D eigenvalue weighted by molar-refractivity contribution is 7.99. The van der Waals surface area contributed by atoms with Gasteiger partial charge in [0.2, 0.25) is 0 Å². The summed E-state index contributed by atoms with van der Waals surface area (Å²) >= 11 is 8.12. The molecule has 2 unspecified atom stereocenters. The van der Waals surface area contributed by atoms with E-state index >= 15 is 0 Å². The first-order valence-electron chi connectivity index (χ1n) is 12.1. The first-order valence-corrected chi connectivity index (χ1v) is 13.4. The number of ketones is 1. The number of piperidine rings is 1. The van der Waals surface area contributed by atoms with Crippen molar-refractivity contribution in [3.8, 4) is 5.75 Å². The minimum Gasteiger partial charge on any atom is -0.497 e. The summed E-state index contributed by atoms with van der Waals surface area (Å²) in [4.78, 5) is 35.9. The third kappa shape index (κ3) is 6.75. The predicted molar refractivity (Wildman–Crippen MR) is 142 cm³/mol.